The highest BCUT2D eigenvalue weighted by Gasteiger charge is 2.24. The molecule has 1 aromatic carbocycles. The van der Waals surface area contributed by atoms with Crippen LogP contribution in [0.1, 0.15) is 51.7 Å². The van der Waals surface area contributed by atoms with Gasteiger partial charge in [-0.3, -0.25) is 0 Å². The largest absolute Gasteiger partial charge is 0.508 e. The van der Waals surface area contributed by atoms with Crippen molar-refractivity contribution < 1.29 is 28.3 Å². The fraction of sp³-hybridized carbons (Fsp3) is 0.600. The van der Waals surface area contributed by atoms with Crippen molar-refractivity contribution in [2.24, 2.45) is 0 Å². The predicted molar refractivity (Wildman–Crippen MR) is 92.4 cm³/mol. The lowest BCUT2D eigenvalue weighted by Crippen LogP contribution is -2.12. The third-order valence-corrected chi connectivity index (χ3v) is 4.97. The van der Waals surface area contributed by atoms with Gasteiger partial charge in [-0.05, 0) is 36.5 Å². The van der Waals surface area contributed by atoms with E-state index in [1.54, 1.807) is 19.1 Å². The fourth-order valence-electron chi connectivity index (χ4n) is 1.86. The van der Waals surface area contributed by atoms with E-state index in [-0.39, 0.29) is 11.2 Å². The zero-order valence-electron chi connectivity index (χ0n) is 14.2. The van der Waals surface area contributed by atoms with Gasteiger partial charge in [-0.25, -0.2) is 4.31 Å². The number of hydrogen-bond donors (Lipinski definition) is 3. The van der Waals surface area contributed by atoms with Crippen LogP contribution in [0.15, 0.2) is 12.1 Å². The maximum atomic E-state index is 10.1. The van der Waals surface area contributed by atoms with Crippen LogP contribution in [-0.4, -0.2) is 21.5 Å². The Balaban J connectivity index is 2.97. The lowest BCUT2D eigenvalue weighted by atomic mass is 9.85. The molecule has 1 aromatic rings. The highest BCUT2D eigenvalue weighted by atomic mass is 31.2. The molecule has 0 saturated carbocycles. The number of hydrogen-bond acceptors (Lipinski definition) is 6. The van der Waals surface area contributed by atoms with Gasteiger partial charge in [0.25, 0.3) is 0 Å². The topological polar surface area (TPSA) is 88.4 Å². The molecule has 0 amide bonds. The molecule has 0 heterocycles. The van der Waals surface area contributed by atoms with E-state index in [0.29, 0.717) is 17.9 Å². The monoisotopic (exact) mass is 364 g/mol. The minimum atomic E-state index is -2.57. The van der Waals surface area contributed by atoms with Gasteiger partial charge in [-0.15, -0.1) is 0 Å². The molecular weight excluding hydrogens is 338 g/mol. The van der Waals surface area contributed by atoms with Gasteiger partial charge in [0, 0.05) is 5.56 Å². The van der Waals surface area contributed by atoms with E-state index in [9.17, 15) is 5.11 Å². The summed E-state index contributed by atoms with van der Waals surface area (Å²) in [4.78, 5) is 18.1. The maximum Gasteiger partial charge on any atom is 0.404 e. The van der Waals surface area contributed by atoms with Crippen molar-refractivity contribution in [3.05, 3.63) is 23.3 Å². The van der Waals surface area contributed by atoms with Crippen molar-refractivity contribution in [1.29, 1.82) is 0 Å². The molecule has 1 unspecified atom stereocenters. The van der Waals surface area contributed by atoms with Crippen LogP contribution in [0.25, 0.3) is 0 Å². The highest BCUT2D eigenvalue weighted by molar-refractivity contribution is 7.54. The summed E-state index contributed by atoms with van der Waals surface area (Å²) in [7, 11) is -4.49. The molecule has 0 saturated heterocycles. The van der Waals surface area contributed by atoms with Crippen molar-refractivity contribution in [3.63, 3.8) is 0 Å². The molecular formula is C15H26O6P2. The predicted octanol–water partition coefficient (Wildman–Crippen LogP) is 4.65. The van der Waals surface area contributed by atoms with Gasteiger partial charge in [0.05, 0.1) is 6.61 Å². The fourth-order valence-corrected chi connectivity index (χ4v) is 3.35. The van der Waals surface area contributed by atoms with Crippen LogP contribution >= 0.6 is 17.2 Å². The summed E-state index contributed by atoms with van der Waals surface area (Å²) < 4.78 is 16.1. The molecule has 0 aliphatic carbocycles. The first kappa shape index (κ1) is 20.6. The van der Waals surface area contributed by atoms with Gasteiger partial charge in [0.2, 0.25) is 0 Å². The molecule has 6 nitrogen and oxygen atoms in total. The van der Waals surface area contributed by atoms with Crippen LogP contribution in [0.3, 0.4) is 0 Å². The third-order valence-electron chi connectivity index (χ3n) is 3.11. The first-order valence-corrected chi connectivity index (χ1v) is 9.72. The van der Waals surface area contributed by atoms with Crippen molar-refractivity contribution in [1.82, 2.24) is 0 Å². The Morgan fingerprint density at radius 1 is 1.17 bits per heavy atom. The molecule has 1 atom stereocenters. The molecule has 0 fully saturated rings. The average Bonchev–Trinajstić information content (AvgIpc) is 2.39. The Bertz CT molecular complexity index is 501. The quantitative estimate of drug-likeness (QED) is 0.460. The van der Waals surface area contributed by atoms with Crippen LogP contribution in [0.4, 0.5) is 0 Å². The molecule has 3 N–H and O–H groups in total. The lowest BCUT2D eigenvalue weighted by Gasteiger charge is -2.23. The van der Waals surface area contributed by atoms with Crippen LogP contribution in [0.2, 0.25) is 0 Å². The molecule has 0 radical (unpaired) electrons. The molecule has 0 aromatic heterocycles. The van der Waals surface area contributed by atoms with Crippen LogP contribution in [0.5, 0.6) is 11.5 Å². The van der Waals surface area contributed by atoms with E-state index >= 15 is 0 Å². The zero-order chi connectivity index (χ0) is 17.6. The number of phenolic OH excluding ortho intramolecular Hbond substituents is 1. The average molecular weight is 364 g/mol. The Morgan fingerprint density at radius 3 is 2.35 bits per heavy atom. The Morgan fingerprint density at radius 2 is 1.83 bits per heavy atom. The van der Waals surface area contributed by atoms with Gasteiger partial charge in [0.15, 0.2) is 0 Å². The SMILES string of the molecule is CCCCOP(Oc1cc(C(C)(C)C)c(O)cc1C)OP(O)O. The van der Waals surface area contributed by atoms with Crippen LogP contribution in [0, 0.1) is 6.92 Å². The minimum absolute atomic E-state index is 0.200. The van der Waals surface area contributed by atoms with E-state index in [0.717, 1.165) is 18.4 Å². The minimum Gasteiger partial charge on any atom is -0.508 e. The normalized spacial score (nSPS) is 13.4. The molecule has 0 aliphatic heterocycles. The third kappa shape index (κ3) is 6.88. The number of aryl methyl sites for hydroxylation is 1. The van der Waals surface area contributed by atoms with Crippen molar-refractivity contribution in [2.45, 2.75) is 52.9 Å². The summed E-state index contributed by atoms with van der Waals surface area (Å²) in [5.41, 5.74) is 1.19. The van der Waals surface area contributed by atoms with E-state index < -0.39 is 17.2 Å². The summed E-state index contributed by atoms with van der Waals surface area (Å²) in [6, 6.07) is 3.36. The second-order valence-electron chi connectivity index (χ2n) is 6.22. The molecule has 23 heavy (non-hydrogen) atoms. The number of phenols is 1. The summed E-state index contributed by atoms with van der Waals surface area (Å²) in [5.74, 6) is 0.693. The van der Waals surface area contributed by atoms with Gasteiger partial charge in [-0.1, -0.05) is 34.1 Å². The van der Waals surface area contributed by atoms with E-state index in [1.165, 1.54) is 0 Å². The molecule has 0 spiro atoms. The van der Waals surface area contributed by atoms with Gasteiger partial charge < -0.3 is 23.9 Å². The summed E-state index contributed by atoms with van der Waals surface area (Å²) in [5, 5.41) is 10.1. The van der Waals surface area contributed by atoms with Crippen LogP contribution < -0.4 is 4.52 Å². The van der Waals surface area contributed by atoms with Crippen LogP contribution in [-0.2, 0) is 14.2 Å². The molecule has 132 valence electrons. The molecule has 8 heteroatoms. The first-order chi connectivity index (χ1) is 10.6. The number of benzene rings is 1. The number of aromatic hydroxyl groups is 1. The second-order valence-corrected chi connectivity index (χ2v) is 8.27. The Labute approximate surface area is 140 Å². The summed E-state index contributed by atoms with van der Waals surface area (Å²) >= 11 is 0. The van der Waals surface area contributed by atoms with Gasteiger partial charge in [-0.2, -0.15) is 0 Å². The van der Waals surface area contributed by atoms with E-state index in [1.807, 2.05) is 27.7 Å². The molecule has 1 rings (SSSR count). The lowest BCUT2D eigenvalue weighted by molar-refractivity contribution is 0.248. The van der Waals surface area contributed by atoms with Gasteiger partial charge in [0.1, 0.15) is 11.5 Å². The standard InChI is InChI=1S/C15H26O6P2/c1-6-7-8-19-23(21-22(17)18)20-14-10-12(15(3,4)5)13(16)9-11(14)2/h9-10,16-18H,6-8H2,1-5H3. The maximum absolute atomic E-state index is 10.1. The second kappa shape index (κ2) is 9.12. The summed E-state index contributed by atoms with van der Waals surface area (Å²) in [6.45, 7) is 10.2. The van der Waals surface area contributed by atoms with E-state index in [2.05, 4.69) is 0 Å². The van der Waals surface area contributed by atoms with Gasteiger partial charge >= 0.3 is 17.2 Å². The highest BCUT2D eigenvalue weighted by Crippen LogP contribution is 2.51. The smallest absolute Gasteiger partial charge is 0.404 e. The molecule has 0 aliphatic rings. The van der Waals surface area contributed by atoms with E-state index in [4.69, 9.17) is 23.1 Å². The van der Waals surface area contributed by atoms with Crippen molar-refractivity contribution >= 4 is 17.2 Å². The number of unbranched alkanes of at least 4 members (excludes halogenated alkanes) is 1. The molecule has 0 bridgehead atoms. The zero-order valence-corrected chi connectivity index (χ0v) is 16.0. The Hall–Kier alpha value is -0.480. The van der Waals surface area contributed by atoms with Crippen molar-refractivity contribution in [2.75, 3.05) is 6.61 Å². The summed E-state index contributed by atoms with van der Waals surface area (Å²) in [6.07, 6.45) is 1.77. The first-order valence-electron chi connectivity index (χ1n) is 7.46. The van der Waals surface area contributed by atoms with Crippen molar-refractivity contribution in [3.8, 4) is 11.5 Å². The Kier molecular flexibility index (Phi) is 8.15. The number of rotatable bonds is 8.